The molecule has 0 aliphatic rings. The molecule has 0 atom stereocenters. The summed E-state index contributed by atoms with van der Waals surface area (Å²) in [6.07, 6.45) is 1.65. The van der Waals surface area contributed by atoms with Crippen LogP contribution in [0.1, 0.15) is 11.1 Å². The van der Waals surface area contributed by atoms with E-state index in [1.54, 1.807) is 6.20 Å². The number of hydrogen-bond donors (Lipinski definition) is 0. The SMILES string of the molecule is [CH2]c1ccc(-c2ccnc(Cl)n2)cc1C. The standard InChI is InChI=1S/C12H10ClN2/c1-8-3-4-10(7-9(8)2)11-5-6-14-12(13)15-11/h3-7H,1H2,2H3. The number of nitrogens with zero attached hydrogens (tertiary/aromatic N) is 2. The van der Waals surface area contributed by atoms with Crippen molar-refractivity contribution in [1.82, 2.24) is 9.97 Å². The molecule has 1 aromatic heterocycles. The lowest BCUT2D eigenvalue weighted by Crippen LogP contribution is -1.88. The van der Waals surface area contributed by atoms with E-state index in [1.165, 1.54) is 0 Å². The third kappa shape index (κ3) is 2.16. The van der Waals surface area contributed by atoms with Crippen LogP contribution in [0, 0.1) is 13.8 Å². The summed E-state index contributed by atoms with van der Waals surface area (Å²) in [6, 6.07) is 7.83. The topological polar surface area (TPSA) is 25.8 Å². The van der Waals surface area contributed by atoms with Gasteiger partial charge < -0.3 is 0 Å². The van der Waals surface area contributed by atoms with Gasteiger partial charge in [-0.1, -0.05) is 12.1 Å². The highest BCUT2D eigenvalue weighted by Gasteiger charge is 2.02. The highest BCUT2D eigenvalue weighted by Crippen LogP contribution is 2.20. The molecule has 3 heteroatoms. The Labute approximate surface area is 94.0 Å². The maximum atomic E-state index is 5.73. The summed E-state index contributed by atoms with van der Waals surface area (Å²) in [7, 11) is 0. The number of rotatable bonds is 1. The number of benzene rings is 1. The first-order valence-corrected chi connectivity index (χ1v) is 4.96. The molecule has 1 heterocycles. The van der Waals surface area contributed by atoms with Crippen LogP contribution in [0.15, 0.2) is 30.5 Å². The van der Waals surface area contributed by atoms with Crippen molar-refractivity contribution in [2.45, 2.75) is 6.92 Å². The zero-order chi connectivity index (χ0) is 10.8. The van der Waals surface area contributed by atoms with Crippen molar-refractivity contribution in [2.24, 2.45) is 0 Å². The van der Waals surface area contributed by atoms with E-state index < -0.39 is 0 Å². The van der Waals surface area contributed by atoms with Crippen molar-refractivity contribution >= 4 is 11.6 Å². The van der Waals surface area contributed by atoms with E-state index in [0.717, 1.165) is 22.4 Å². The van der Waals surface area contributed by atoms with E-state index in [-0.39, 0.29) is 5.28 Å². The quantitative estimate of drug-likeness (QED) is 0.685. The molecule has 0 N–H and O–H groups in total. The number of halogens is 1. The predicted molar refractivity (Wildman–Crippen MR) is 61.7 cm³/mol. The molecule has 0 aliphatic carbocycles. The van der Waals surface area contributed by atoms with Crippen molar-refractivity contribution in [3.8, 4) is 11.3 Å². The largest absolute Gasteiger partial charge is 0.226 e. The molecule has 0 fully saturated rings. The first-order valence-electron chi connectivity index (χ1n) is 4.58. The van der Waals surface area contributed by atoms with Crippen molar-refractivity contribution in [3.63, 3.8) is 0 Å². The van der Waals surface area contributed by atoms with Gasteiger partial charge in [0, 0.05) is 11.8 Å². The minimum Gasteiger partial charge on any atom is -0.226 e. The number of aromatic nitrogens is 2. The summed E-state index contributed by atoms with van der Waals surface area (Å²) in [6.45, 7) is 5.94. The van der Waals surface area contributed by atoms with Crippen LogP contribution in [0.2, 0.25) is 5.28 Å². The van der Waals surface area contributed by atoms with Gasteiger partial charge in [-0.3, -0.25) is 0 Å². The summed E-state index contributed by atoms with van der Waals surface area (Å²) in [4.78, 5) is 8.00. The van der Waals surface area contributed by atoms with E-state index in [0.29, 0.717) is 0 Å². The van der Waals surface area contributed by atoms with Crippen LogP contribution >= 0.6 is 11.6 Å². The van der Waals surface area contributed by atoms with Crippen molar-refractivity contribution in [3.05, 3.63) is 53.8 Å². The lowest BCUT2D eigenvalue weighted by molar-refractivity contribution is 1.17. The monoisotopic (exact) mass is 217 g/mol. The van der Waals surface area contributed by atoms with Gasteiger partial charge in [0.2, 0.25) is 5.28 Å². The summed E-state index contributed by atoms with van der Waals surface area (Å²) in [5, 5.41) is 0.267. The summed E-state index contributed by atoms with van der Waals surface area (Å²) in [5.41, 5.74) is 4.03. The van der Waals surface area contributed by atoms with Crippen LogP contribution < -0.4 is 0 Å². The van der Waals surface area contributed by atoms with Crippen molar-refractivity contribution in [2.75, 3.05) is 0 Å². The van der Waals surface area contributed by atoms with E-state index >= 15 is 0 Å². The Bertz CT molecular complexity index is 495. The van der Waals surface area contributed by atoms with E-state index in [9.17, 15) is 0 Å². The molecule has 2 rings (SSSR count). The van der Waals surface area contributed by atoms with E-state index in [2.05, 4.69) is 16.9 Å². The molecule has 2 aromatic rings. The zero-order valence-electron chi connectivity index (χ0n) is 8.37. The second-order valence-corrected chi connectivity index (χ2v) is 3.69. The van der Waals surface area contributed by atoms with Crippen molar-refractivity contribution < 1.29 is 0 Å². The molecule has 0 saturated carbocycles. The van der Waals surface area contributed by atoms with E-state index in [4.69, 9.17) is 11.6 Å². The van der Waals surface area contributed by atoms with Gasteiger partial charge in [0.15, 0.2) is 0 Å². The average molecular weight is 218 g/mol. The minimum absolute atomic E-state index is 0.267. The second-order valence-electron chi connectivity index (χ2n) is 3.35. The maximum absolute atomic E-state index is 5.73. The Morgan fingerprint density at radius 2 is 2.07 bits per heavy atom. The van der Waals surface area contributed by atoms with Crippen LogP contribution in [0.5, 0.6) is 0 Å². The van der Waals surface area contributed by atoms with Gasteiger partial charge in [-0.25, -0.2) is 9.97 Å². The third-order valence-electron chi connectivity index (χ3n) is 2.26. The molecule has 15 heavy (non-hydrogen) atoms. The highest BCUT2D eigenvalue weighted by atomic mass is 35.5. The zero-order valence-corrected chi connectivity index (χ0v) is 9.12. The molecule has 0 unspecified atom stereocenters. The van der Waals surface area contributed by atoms with Gasteiger partial charge in [-0.2, -0.15) is 0 Å². The summed E-state index contributed by atoms with van der Waals surface area (Å²) in [5.74, 6) is 0. The highest BCUT2D eigenvalue weighted by molar-refractivity contribution is 6.28. The molecule has 0 saturated heterocycles. The predicted octanol–water partition coefficient (Wildman–Crippen LogP) is 3.29. The van der Waals surface area contributed by atoms with Crippen LogP contribution in [0.4, 0.5) is 0 Å². The van der Waals surface area contributed by atoms with Crippen LogP contribution in [-0.4, -0.2) is 9.97 Å². The smallest absolute Gasteiger partial charge is 0.222 e. The molecule has 0 spiro atoms. The molecule has 0 aliphatic heterocycles. The Morgan fingerprint density at radius 1 is 1.27 bits per heavy atom. The Hall–Kier alpha value is -1.41. The molecular weight excluding hydrogens is 208 g/mol. The third-order valence-corrected chi connectivity index (χ3v) is 2.45. The van der Waals surface area contributed by atoms with Gasteiger partial charge in [-0.05, 0) is 48.7 Å². The molecule has 75 valence electrons. The number of aryl methyl sites for hydroxylation is 1. The van der Waals surface area contributed by atoms with Gasteiger partial charge in [0.05, 0.1) is 5.69 Å². The van der Waals surface area contributed by atoms with Crippen LogP contribution in [-0.2, 0) is 0 Å². The lowest BCUT2D eigenvalue weighted by atomic mass is 10.0. The normalized spacial score (nSPS) is 10.3. The minimum atomic E-state index is 0.267. The number of hydrogen-bond acceptors (Lipinski definition) is 2. The lowest BCUT2D eigenvalue weighted by Gasteiger charge is -2.04. The Morgan fingerprint density at radius 3 is 2.73 bits per heavy atom. The van der Waals surface area contributed by atoms with Crippen LogP contribution in [0.25, 0.3) is 11.3 Å². The first kappa shape index (κ1) is 10.1. The van der Waals surface area contributed by atoms with Gasteiger partial charge in [0.25, 0.3) is 0 Å². The summed E-state index contributed by atoms with van der Waals surface area (Å²) < 4.78 is 0. The first-order chi connectivity index (χ1) is 7.16. The molecule has 1 radical (unpaired) electrons. The second kappa shape index (κ2) is 3.99. The fraction of sp³-hybridized carbons (Fsp3) is 0.0833. The Balaban J connectivity index is 2.50. The fourth-order valence-corrected chi connectivity index (χ4v) is 1.50. The average Bonchev–Trinajstić information content (AvgIpc) is 2.22. The molecule has 2 nitrogen and oxygen atoms in total. The molecular formula is C12H10ClN2. The van der Waals surface area contributed by atoms with E-state index in [1.807, 2.05) is 31.2 Å². The van der Waals surface area contributed by atoms with Gasteiger partial charge >= 0.3 is 0 Å². The molecule has 0 bridgehead atoms. The fourth-order valence-electron chi connectivity index (χ4n) is 1.35. The van der Waals surface area contributed by atoms with Crippen molar-refractivity contribution in [1.29, 1.82) is 0 Å². The van der Waals surface area contributed by atoms with Gasteiger partial charge in [-0.15, -0.1) is 0 Å². The maximum Gasteiger partial charge on any atom is 0.222 e. The van der Waals surface area contributed by atoms with Gasteiger partial charge in [0.1, 0.15) is 0 Å². The molecule has 0 amide bonds. The van der Waals surface area contributed by atoms with Crippen LogP contribution in [0.3, 0.4) is 0 Å². The summed E-state index contributed by atoms with van der Waals surface area (Å²) >= 11 is 5.73. The molecule has 1 aromatic carbocycles. The Kier molecular flexibility index (Phi) is 2.69.